The molecular weight excluding hydrogens is 795 g/mol. The number of nitrogens with zero attached hydrogens (tertiary/aromatic N) is 1. The zero-order chi connectivity index (χ0) is 44.5. The van der Waals surface area contributed by atoms with Crippen molar-refractivity contribution >= 4 is 37.4 Å². The Morgan fingerprint density at radius 1 is 0.881 bits per heavy atom. The van der Waals surface area contributed by atoms with E-state index in [2.05, 4.69) is 22.9 Å². The van der Waals surface area contributed by atoms with Crippen LogP contribution in [0.4, 0.5) is 0 Å². The van der Waals surface area contributed by atoms with Crippen LogP contribution in [0.1, 0.15) is 125 Å². The zero-order valence-corrected chi connectivity index (χ0v) is 36.4. The van der Waals surface area contributed by atoms with Gasteiger partial charge in [-0.05, 0) is 33.6 Å². The number of hydrogen-bond acceptors (Lipinski definition) is 14. The number of phosphoric acid groups is 1. The molecule has 0 aromatic heterocycles. The zero-order valence-electron chi connectivity index (χ0n) is 35.6. The van der Waals surface area contributed by atoms with E-state index in [1.165, 1.54) is 79.1 Å². The van der Waals surface area contributed by atoms with Gasteiger partial charge >= 0.3 is 7.82 Å². The van der Waals surface area contributed by atoms with Crippen molar-refractivity contribution in [2.24, 2.45) is 11.5 Å². The van der Waals surface area contributed by atoms with Crippen molar-refractivity contribution in [1.82, 2.24) is 20.9 Å². The summed E-state index contributed by atoms with van der Waals surface area (Å²) < 4.78 is 33.7. The fourth-order valence-electron chi connectivity index (χ4n) is 6.48. The van der Waals surface area contributed by atoms with Gasteiger partial charge in [-0.1, -0.05) is 77.6 Å². The monoisotopic (exact) mass is 868 g/mol. The number of aliphatic hydroxyl groups is 3. The van der Waals surface area contributed by atoms with Gasteiger partial charge in [0.1, 0.15) is 36.4 Å². The van der Waals surface area contributed by atoms with Gasteiger partial charge in [-0.3, -0.25) is 33.0 Å². The molecule has 0 aliphatic carbocycles. The van der Waals surface area contributed by atoms with E-state index < -0.39 is 105 Å². The first-order valence-electron chi connectivity index (χ1n) is 20.9. The molecule has 1 aliphatic heterocycles. The van der Waals surface area contributed by atoms with Crippen LogP contribution in [0.15, 0.2) is 0 Å². The number of phosphoric ester groups is 1. The molecule has 0 aromatic rings. The van der Waals surface area contributed by atoms with Gasteiger partial charge in [0.25, 0.3) is 0 Å². The normalized spacial score (nSPS) is 22.3. The number of aliphatic hydroxyl groups excluding tert-OH is 3. The van der Waals surface area contributed by atoms with E-state index in [9.17, 15) is 48.8 Å². The Kier molecular flexibility index (Phi) is 27.1. The quantitative estimate of drug-likeness (QED) is 0.0330. The highest BCUT2D eigenvalue weighted by Crippen LogP contribution is 2.43. The Hall–Kier alpha value is -2.78. The van der Waals surface area contributed by atoms with Gasteiger partial charge in [0, 0.05) is 26.4 Å². The van der Waals surface area contributed by atoms with E-state index in [1.54, 1.807) is 0 Å². The standard InChI is InChI=1S/C38H73N6O14P/c1-6-7-8-9-10-11-12-13-14-15-16-17-21-55-59(53,54)56-22-20-41-37(51)27(4)44(31(47)19-18-29(35(40)49)43-36(50)26(3)39)23-25(2)57-34-32(42-28(5)46)38(52)58-30(24-45)33(34)48/h25-27,29-30,32-34,38,45,48,52H,6-24,39H2,1-5H3,(H2,40,49)(H,41,51)(H,42,46)(H,43,50)(H,53,54)/t25?,26-,27-,29+,30+,32+,33+,34+,38-/m0/s1. The summed E-state index contributed by atoms with van der Waals surface area (Å²) in [5, 5.41) is 38.4. The fourth-order valence-corrected chi connectivity index (χ4v) is 7.24. The van der Waals surface area contributed by atoms with Gasteiger partial charge in [-0.25, -0.2) is 4.57 Å². The Bertz CT molecular complexity index is 1320. The fraction of sp³-hybridized carbons (Fsp3) is 0.868. The number of unbranched alkanes of at least 4 members (excludes halogenated alkanes) is 11. The third-order valence-electron chi connectivity index (χ3n) is 9.88. The molecule has 1 heterocycles. The minimum atomic E-state index is -4.40. The molecule has 59 heavy (non-hydrogen) atoms. The van der Waals surface area contributed by atoms with E-state index in [4.69, 9.17) is 30.0 Å². The number of amides is 5. The third-order valence-corrected chi connectivity index (χ3v) is 10.9. The van der Waals surface area contributed by atoms with E-state index in [1.807, 2.05) is 0 Å². The number of hydrogen-bond donors (Lipinski definition) is 9. The SMILES string of the molecule is CCCCCCCCCCCCCCOP(=O)(O)OCCNC(=O)[C@H](C)N(CC(C)O[C@H]1[C@H](O)[C@@H](CO)O[C@H](O)[C@@H]1NC(C)=O)C(=O)CC[C@@H](NC(=O)[C@H](C)N)C(N)=O. The molecule has 1 aliphatic rings. The second-order valence-corrected chi connectivity index (χ2v) is 16.7. The highest BCUT2D eigenvalue weighted by Gasteiger charge is 2.46. The third kappa shape index (κ3) is 22.1. The van der Waals surface area contributed by atoms with Crippen molar-refractivity contribution in [3.63, 3.8) is 0 Å². The number of carbonyl (C=O) groups excluding carboxylic acids is 5. The average Bonchev–Trinajstić information content (AvgIpc) is 3.17. The lowest BCUT2D eigenvalue weighted by molar-refractivity contribution is -0.268. The molecule has 21 heteroatoms. The summed E-state index contributed by atoms with van der Waals surface area (Å²) in [7, 11) is -4.40. The lowest BCUT2D eigenvalue weighted by Crippen LogP contribution is -2.65. The van der Waals surface area contributed by atoms with E-state index in [-0.39, 0.29) is 32.5 Å². The van der Waals surface area contributed by atoms with Crippen LogP contribution < -0.4 is 27.4 Å². The smallest absolute Gasteiger partial charge is 0.394 e. The molecule has 11 N–H and O–H groups in total. The lowest BCUT2D eigenvalue weighted by atomic mass is 9.96. The number of primary amides is 1. The summed E-state index contributed by atoms with van der Waals surface area (Å²) in [4.78, 5) is 74.4. The van der Waals surface area contributed by atoms with Crippen molar-refractivity contribution in [3.8, 4) is 0 Å². The minimum absolute atomic E-state index is 0.0353. The second kappa shape index (κ2) is 29.5. The molecule has 0 saturated carbocycles. The molecule has 0 spiro atoms. The second-order valence-electron chi connectivity index (χ2n) is 15.2. The van der Waals surface area contributed by atoms with Crippen molar-refractivity contribution in [2.75, 3.05) is 32.9 Å². The van der Waals surface area contributed by atoms with Crippen molar-refractivity contribution in [1.29, 1.82) is 0 Å². The van der Waals surface area contributed by atoms with Crippen molar-refractivity contribution in [2.45, 2.75) is 179 Å². The van der Waals surface area contributed by atoms with Crippen LogP contribution in [0.5, 0.6) is 0 Å². The number of nitrogens with two attached hydrogens (primary N) is 2. The van der Waals surface area contributed by atoms with Crippen LogP contribution in [-0.2, 0) is 47.1 Å². The molecule has 0 aromatic carbocycles. The Labute approximate surface area is 348 Å². The van der Waals surface area contributed by atoms with Crippen LogP contribution >= 0.6 is 7.82 Å². The molecule has 2 unspecified atom stereocenters. The number of carbonyl (C=O) groups is 5. The van der Waals surface area contributed by atoms with Gasteiger partial charge in [0.2, 0.25) is 29.5 Å². The van der Waals surface area contributed by atoms with Crippen LogP contribution in [-0.4, -0.2) is 142 Å². The summed E-state index contributed by atoms with van der Waals surface area (Å²) in [5.41, 5.74) is 11.0. The summed E-state index contributed by atoms with van der Waals surface area (Å²) in [6.07, 6.45) is 6.16. The molecule has 0 radical (unpaired) electrons. The maximum absolute atomic E-state index is 13.7. The Morgan fingerprint density at radius 2 is 1.44 bits per heavy atom. The van der Waals surface area contributed by atoms with E-state index in [0.717, 1.165) is 24.2 Å². The summed E-state index contributed by atoms with van der Waals surface area (Å²) in [5.74, 6) is -3.55. The van der Waals surface area contributed by atoms with Gasteiger partial charge in [-0.2, -0.15) is 0 Å². The molecule has 20 nitrogen and oxygen atoms in total. The maximum Gasteiger partial charge on any atom is 0.472 e. The topological polar surface area (TPSA) is 312 Å². The van der Waals surface area contributed by atoms with Crippen molar-refractivity contribution < 1.29 is 67.3 Å². The summed E-state index contributed by atoms with van der Waals surface area (Å²) in [6, 6.07) is -4.73. The van der Waals surface area contributed by atoms with Gasteiger partial charge < -0.3 is 62.0 Å². The largest absolute Gasteiger partial charge is 0.472 e. The molecular formula is C38H73N6O14P. The molecule has 1 fully saturated rings. The van der Waals surface area contributed by atoms with Crippen LogP contribution in [0.25, 0.3) is 0 Å². The van der Waals surface area contributed by atoms with Crippen molar-refractivity contribution in [3.05, 3.63) is 0 Å². The summed E-state index contributed by atoms with van der Waals surface area (Å²) in [6.45, 7) is 6.08. The van der Waals surface area contributed by atoms with Gasteiger partial charge in [0.15, 0.2) is 6.29 Å². The number of nitrogens with one attached hydrogen (secondary N) is 3. The number of rotatable bonds is 32. The molecule has 0 bridgehead atoms. The molecule has 10 atom stereocenters. The Balaban J connectivity index is 2.84. The van der Waals surface area contributed by atoms with E-state index in [0.29, 0.717) is 6.42 Å². The van der Waals surface area contributed by atoms with Gasteiger partial charge in [-0.15, -0.1) is 0 Å². The first kappa shape index (κ1) is 54.2. The number of ether oxygens (including phenoxy) is 2. The predicted octanol–water partition coefficient (Wildman–Crippen LogP) is 0.601. The molecule has 1 rings (SSSR count). The predicted molar refractivity (Wildman–Crippen MR) is 217 cm³/mol. The first-order chi connectivity index (χ1) is 27.8. The Morgan fingerprint density at radius 3 is 1.97 bits per heavy atom. The van der Waals surface area contributed by atoms with Crippen LogP contribution in [0, 0.1) is 0 Å². The first-order valence-corrected chi connectivity index (χ1v) is 22.4. The van der Waals surface area contributed by atoms with Gasteiger partial charge in [0.05, 0.1) is 32.0 Å². The minimum Gasteiger partial charge on any atom is -0.394 e. The molecule has 344 valence electrons. The maximum atomic E-state index is 13.7. The average molecular weight is 869 g/mol. The highest BCUT2D eigenvalue weighted by atomic mass is 31.2. The summed E-state index contributed by atoms with van der Waals surface area (Å²) >= 11 is 0. The lowest BCUT2D eigenvalue weighted by Gasteiger charge is -2.44. The van der Waals surface area contributed by atoms with E-state index >= 15 is 0 Å². The van der Waals surface area contributed by atoms with Crippen LogP contribution in [0.2, 0.25) is 0 Å². The highest BCUT2D eigenvalue weighted by molar-refractivity contribution is 7.47. The molecule has 1 saturated heterocycles. The molecule has 5 amide bonds. The van der Waals surface area contributed by atoms with Crippen LogP contribution in [0.3, 0.4) is 0 Å².